The van der Waals surface area contributed by atoms with Crippen molar-refractivity contribution in [1.29, 1.82) is 0 Å². The molecule has 1 aromatic rings. The summed E-state index contributed by atoms with van der Waals surface area (Å²) >= 11 is 0. The Hall–Kier alpha value is -0.940. The first kappa shape index (κ1) is 16.1. The molecule has 1 heterocycles. The van der Waals surface area contributed by atoms with Crippen LogP contribution in [0.25, 0.3) is 0 Å². The Morgan fingerprint density at radius 2 is 1.95 bits per heavy atom. The van der Waals surface area contributed by atoms with E-state index in [1.165, 1.54) is 0 Å². The number of hydrogen-bond donors (Lipinski definition) is 1. The predicted octanol–water partition coefficient (Wildman–Crippen LogP) is 2.72. The number of rotatable bonds is 6. The third-order valence-electron chi connectivity index (χ3n) is 2.91. The molecule has 0 aliphatic heterocycles. The lowest BCUT2D eigenvalue weighted by Crippen LogP contribution is -2.28. The van der Waals surface area contributed by atoms with E-state index in [0.29, 0.717) is 24.1 Å². The normalized spacial score (nSPS) is 15.8. The van der Waals surface area contributed by atoms with Crippen LogP contribution >= 0.6 is 0 Å². The van der Waals surface area contributed by atoms with Gasteiger partial charge in [-0.2, -0.15) is 4.98 Å². The van der Waals surface area contributed by atoms with Gasteiger partial charge >= 0.3 is 0 Å². The van der Waals surface area contributed by atoms with Gasteiger partial charge < -0.3 is 15.0 Å². The zero-order valence-electron chi connectivity index (χ0n) is 12.9. The molecule has 110 valence electrons. The van der Waals surface area contributed by atoms with Crippen molar-refractivity contribution in [2.75, 3.05) is 7.11 Å². The van der Waals surface area contributed by atoms with Crippen LogP contribution in [-0.4, -0.2) is 23.3 Å². The summed E-state index contributed by atoms with van der Waals surface area (Å²) in [6.45, 7) is 10.6. The van der Waals surface area contributed by atoms with Crippen LogP contribution in [0.5, 0.6) is 0 Å². The minimum atomic E-state index is -0.128. The average molecular weight is 269 g/mol. The molecule has 1 aromatic heterocycles. The van der Waals surface area contributed by atoms with E-state index < -0.39 is 0 Å². The van der Waals surface area contributed by atoms with Crippen LogP contribution < -0.4 is 5.73 Å². The molecule has 0 fully saturated rings. The fourth-order valence-corrected chi connectivity index (χ4v) is 2.23. The van der Waals surface area contributed by atoms with Crippen LogP contribution in [0, 0.1) is 11.3 Å². The van der Waals surface area contributed by atoms with Gasteiger partial charge in [-0.1, -0.05) is 39.8 Å². The maximum Gasteiger partial charge on any atom is 0.228 e. The topological polar surface area (TPSA) is 74.2 Å². The summed E-state index contributed by atoms with van der Waals surface area (Å²) in [4.78, 5) is 4.39. The molecule has 0 radical (unpaired) electrons. The molecule has 0 saturated heterocycles. The van der Waals surface area contributed by atoms with Crippen LogP contribution in [0.4, 0.5) is 0 Å². The lowest BCUT2D eigenvalue weighted by atomic mass is 9.87. The number of nitrogens with two attached hydrogens (primary N) is 1. The Morgan fingerprint density at radius 3 is 2.42 bits per heavy atom. The van der Waals surface area contributed by atoms with E-state index in [4.69, 9.17) is 15.0 Å². The maximum atomic E-state index is 6.11. The molecule has 0 spiro atoms. The third kappa shape index (κ3) is 5.28. The second kappa shape index (κ2) is 6.48. The van der Waals surface area contributed by atoms with Crippen molar-refractivity contribution >= 4 is 0 Å². The fraction of sp³-hybridized carbons (Fsp3) is 0.857. The van der Waals surface area contributed by atoms with Gasteiger partial charge in [0.05, 0.1) is 0 Å². The Bertz CT molecular complexity index is 382. The molecule has 0 aliphatic rings. The van der Waals surface area contributed by atoms with Crippen LogP contribution in [0.3, 0.4) is 0 Å². The lowest BCUT2D eigenvalue weighted by molar-refractivity contribution is 0.0555. The third-order valence-corrected chi connectivity index (χ3v) is 2.91. The molecule has 5 nitrogen and oxygen atoms in total. The van der Waals surface area contributed by atoms with E-state index in [-0.39, 0.29) is 17.6 Å². The van der Waals surface area contributed by atoms with Gasteiger partial charge in [-0.3, -0.25) is 0 Å². The second-order valence-corrected chi connectivity index (χ2v) is 6.68. The fourth-order valence-electron chi connectivity index (χ4n) is 2.23. The highest BCUT2D eigenvalue weighted by molar-refractivity contribution is 4.94. The number of hydrogen-bond acceptors (Lipinski definition) is 5. The molecule has 1 rings (SSSR count). The Morgan fingerprint density at radius 1 is 1.32 bits per heavy atom. The number of ether oxygens (including phenoxy) is 1. The highest BCUT2D eigenvalue weighted by atomic mass is 16.5. The summed E-state index contributed by atoms with van der Waals surface area (Å²) in [7, 11) is 1.66. The smallest absolute Gasteiger partial charge is 0.228 e. The molecule has 2 unspecified atom stereocenters. The number of methoxy groups -OCH3 is 1. The molecule has 0 bridgehead atoms. The molecule has 19 heavy (non-hydrogen) atoms. The molecule has 0 amide bonds. The van der Waals surface area contributed by atoms with E-state index in [2.05, 4.69) is 44.8 Å². The SMILES string of the molecule is COC(c1noc(CC(N)CC(C)(C)C)n1)C(C)C. The first-order valence-electron chi connectivity index (χ1n) is 6.84. The first-order valence-corrected chi connectivity index (χ1v) is 6.84. The van der Waals surface area contributed by atoms with Gasteiger partial charge in [0.1, 0.15) is 6.10 Å². The largest absolute Gasteiger partial charge is 0.373 e. The number of aromatic nitrogens is 2. The number of nitrogens with zero attached hydrogens (tertiary/aromatic N) is 2. The van der Waals surface area contributed by atoms with Gasteiger partial charge in [0.25, 0.3) is 0 Å². The summed E-state index contributed by atoms with van der Waals surface area (Å²) in [5.41, 5.74) is 6.31. The van der Waals surface area contributed by atoms with Crippen molar-refractivity contribution < 1.29 is 9.26 Å². The molecule has 2 N–H and O–H groups in total. The summed E-state index contributed by atoms with van der Waals surface area (Å²) in [6.07, 6.45) is 1.40. The van der Waals surface area contributed by atoms with Crippen LogP contribution in [0.1, 0.15) is 58.9 Å². The summed E-state index contributed by atoms with van der Waals surface area (Å²) in [6, 6.07) is 0.0355. The highest BCUT2D eigenvalue weighted by Gasteiger charge is 2.23. The molecular formula is C14H27N3O2. The Kier molecular flexibility index (Phi) is 5.50. The molecule has 5 heteroatoms. The van der Waals surface area contributed by atoms with Crippen molar-refractivity contribution in [1.82, 2.24) is 10.1 Å². The Labute approximate surface area is 115 Å². The lowest BCUT2D eigenvalue weighted by Gasteiger charge is -2.21. The molecule has 0 aromatic carbocycles. The van der Waals surface area contributed by atoms with Crippen LogP contribution in [0.15, 0.2) is 4.52 Å². The van der Waals surface area contributed by atoms with E-state index >= 15 is 0 Å². The summed E-state index contributed by atoms with van der Waals surface area (Å²) in [5, 5.41) is 3.99. The molecule has 2 atom stereocenters. The zero-order valence-corrected chi connectivity index (χ0v) is 12.9. The standard InChI is InChI=1S/C14H27N3O2/c1-9(2)12(18-6)13-16-11(19-17-13)7-10(15)8-14(3,4)5/h9-10,12H,7-8,15H2,1-6H3. The first-order chi connectivity index (χ1) is 8.73. The highest BCUT2D eigenvalue weighted by Crippen LogP contribution is 2.24. The van der Waals surface area contributed by atoms with Gasteiger partial charge in [-0.15, -0.1) is 0 Å². The van der Waals surface area contributed by atoms with Crippen molar-refractivity contribution in [2.24, 2.45) is 17.1 Å². The monoisotopic (exact) mass is 269 g/mol. The van der Waals surface area contributed by atoms with E-state index in [9.17, 15) is 0 Å². The van der Waals surface area contributed by atoms with Gasteiger partial charge in [-0.05, 0) is 17.8 Å². The average Bonchev–Trinajstić information content (AvgIpc) is 2.63. The van der Waals surface area contributed by atoms with Crippen molar-refractivity contribution in [3.05, 3.63) is 11.7 Å². The van der Waals surface area contributed by atoms with E-state index in [0.717, 1.165) is 6.42 Å². The van der Waals surface area contributed by atoms with Crippen LogP contribution in [0.2, 0.25) is 0 Å². The van der Waals surface area contributed by atoms with Crippen molar-refractivity contribution in [3.63, 3.8) is 0 Å². The van der Waals surface area contributed by atoms with Gasteiger partial charge in [-0.25, -0.2) is 0 Å². The predicted molar refractivity (Wildman–Crippen MR) is 74.6 cm³/mol. The minimum Gasteiger partial charge on any atom is -0.373 e. The van der Waals surface area contributed by atoms with Crippen molar-refractivity contribution in [2.45, 2.75) is 59.6 Å². The van der Waals surface area contributed by atoms with E-state index in [1.54, 1.807) is 7.11 Å². The van der Waals surface area contributed by atoms with Crippen molar-refractivity contribution in [3.8, 4) is 0 Å². The molecular weight excluding hydrogens is 242 g/mol. The molecule has 0 saturated carbocycles. The van der Waals surface area contributed by atoms with Crippen LogP contribution in [-0.2, 0) is 11.2 Å². The van der Waals surface area contributed by atoms with Gasteiger partial charge in [0.15, 0.2) is 0 Å². The van der Waals surface area contributed by atoms with E-state index in [1.807, 2.05) is 0 Å². The quantitative estimate of drug-likeness (QED) is 0.859. The van der Waals surface area contributed by atoms with Gasteiger partial charge in [0.2, 0.25) is 11.7 Å². The summed E-state index contributed by atoms with van der Waals surface area (Å²) in [5.74, 6) is 1.50. The molecule has 0 aliphatic carbocycles. The van der Waals surface area contributed by atoms with Gasteiger partial charge in [0, 0.05) is 19.6 Å². The summed E-state index contributed by atoms with van der Waals surface area (Å²) < 4.78 is 10.6. The second-order valence-electron chi connectivity index (χ2n) is 6.68. The Balaban J connectivity index is 2.64. The maximum absolute atomic E-state index is 6.11. The minimum absolute atomic E-state index is 0.0355. The zero-order chi connectivity index (χ0) is 14.6.